The second-order valence-electron chi connectivity index (χ2n) is 7.61. The zero-order valence-electron chi connectivity index (χ0n) is 18.6. The van der Waals surface area contributed by atoms with Crippen LogP contribution in [0, 0.1) is 6.92 Å². The summed E-state index contributed by atoms with van der Waals surface area (Å²) in [7, 11) is -3.23. The van der Waals surface area contributed by atoms with Gasteiger partial charge in [0.2, 0.25) is 0 Å². The Bertz CT molecular complexity index is 780. The molecule has 0 spiro atoms. The van der Waals surface area contributed by atoms with Crippen LogP contribution in [-0.4, -0.2) is 71.3 Å². The van der Waals surface area contributed by atoms with Crippen molar-refractivity contribution in [2.24, 2.45) is 4.99 Å². The Morgan fingerprint density at radius 1 is 1.23 bits per heavy atom. The number of aryl methyl sites for hydroxylation is 1. The summed E-state index contributed by atoms with van der Waals surface area (Å²) in [5.74, 6) is 0.655. The number of guanidine groups is 1. The number of rotatable bonds is 9. The smallest absolute Gasteiger partial charge is 0.191 e. The molecule has 0 radical (unpaired) electrons. The molecule has 1 fully saturated rings. The lowest BCUT2D eigenvalue weighted by Crippen LogP contribution is -2.48. The highest BCUT2D eigenvalue weighted by molar-refractivity contribution is 14.0. The molecule has 1 saturated heterocycles. The van der Waals surface area contributed by atoms with Crippen LogP contribution in [0.3, 0.4) is 0 Å². The maximum absolute atomic E-state index is 12.4. The highest BCUT2D eigenvalue weighted by Crippen LogP contribution is 2.29. The van der Waals surface area contributed by atoms with Crippen molar-refractivity contribution in [3.05, 3.63) is 29.8 Å². The number of likely N-dealkylation sites (N-methyl/N-ethyl adjacent to an activating group) is 1. The Hall–Kier alpha value is -1.07. The molecule has 0 unspecified atom stereocenters. The van der Waals surface area contributed by atoms with Crippen LogP contribution in [0.4, 0.5) is 5.69 Å². The van der Waals surface area contributed by atoms with Gasteiger partial charge >= 0.3 is 0 Å². The summed E-state index contributed by atoms with van der Waals surface area (Å²) in [6.07, 6.45) is 2.30. The van der Waals surface area contributed by atoms with Gasteiger partial charge in [-0.3, -0.25) is 4.99 Å². The van der Waals surface area contributed by atoms with Crippen LogP contribution in [0.1, 0.15) is 32.3 Å². The monoisotopic (exact) mass is 552 g/mol. The fourth-order valence-corrected chi connectivity index (χ4v) is 4.77. The molecular formula is C21H37IN4O3S. The quantitative estimate of drug-likeness (QED) is 0.279. The van der Waals surface area contributed by atoms with Crippen molar-refractivity contribution in [2.45, 2.75) is 38.4 Å². The minimum atomic E-state index is -3.23. The Kier molecular flexibility index (Phi) is 11.4. The largest absolute Gasteiger partial charge is 0.381 e. The van der Waals surface area contributed by atoms with Gasteiger partial charge < -0.3 is 20.3 Å². The van der Waals surface area contributed by atoms with Gasteiger partial charge in [0.05, 0.1) is 11.3 Å². The number of hydrogen-bond donors (Lipinski definition) is 2. The van der Waals surface area contributed by atoms with Gasteiger partial charge in [0.25, 0.3) is 0 Å². The fourth-order valence-electron chi connectivity index (χ4n) is 3.56. The summed E-state index contributed by atoms with van der Waals surface area (Å²) in [5.41, 5.74) is 2.45. The summed E-state index contributed by atoms with van der Waals surface area (Å²) < 4.78 is 29.4. The summed E-state index contributed by atoms with van der Waals surface area (Å²) in [6.45, 7) is 10.6. The molecule has 1 heterocycles. The lowest BCUT2D eigenvalue weighted by molar-refractivity contribution is 0.0768. The van der Waals surface area contributed by atoms with Crippen LogP contribution < -0.4 is 15.5 Å². The Morgan fingerprint density at radius 2 is 1.93 bits per heavy atom. The van der Waals surface area contributed by atoms with Gasteiger partial charge in [0, 0.05) is 51.3 Å². The molecule has 2 N–H and O–H groups in total. The van der Waals surface area contributed by atoms with Gasteiger partial charge in [-0.1, -0.05) is 12.1 Å². The van der Waals surface area contributed by atoms with E-state index in [2.05, 4.69) is 58.6 Å². The lowest BCUT2D eigenvalue weighted by atomic mass is 9.99. The van der Waals surface area contributed by atoms with Crippen LogP contribution in [0.25, 0.3) is 0 Å². The molecule has 1 aliphatic heterocycles. The maximum atomic E-state index is 12.4. The van der Waals surface area contributed by atoms with Gasteiger partial charge in [-0.05, 0) is 51.3 Å². The predicted molar refractivity (Wildman–Crippen MR) is 136 cm³/mol. The molecule has 1 aromatic carbocycles. The van der Waals surface area contributed by atoms with Crippen molar-refractivity contribution >= 4 is 45.5 Å². The number of aliphatic imine (C=N–C) groups is 1. The minimum Gasteiger partial charge on any atom is -0.381 e. The molecule has 0 saturated carbocycles. The van der Waals surface area contributed by atoms with Crippen molar-refractivity contribution < 1.29 is 13.2 Å². The van der Waals surface area contributed by atoms with E-state index in [1.54, 1.807) is 0 Å². The molecular weight excluding hydrogens is 515 g/mol. The van der Waals surface area contributed by atoms with Crippen molar-refractivity contribution in [1.29, 1.82) is 0 Å². The van der Waals surface area contributed by atoms with Crippen LogP contribution in [0.2, 0.25) is 0 Å². The first kappa shape index (κ1) is 27.0. The number of ether oxygens (including phenoxy) is 1. The van der Waals surface area contributed by atoms with Gasteiger partial charge in [-0.25, -0.2) is 8.42 Å². The standard InChI is InChI=1S/C21H36N4O3S.HI/c1-5-22-20(24-17-21(29(4,26)27)10-14-28-15-11-21)23-12-13-25(6-2)19-9-7-8-18(3)16-19;/h7-9,16H,5-6,10-15,17H2,1-4H3,(H2,22,23,24);1H. The molecule has 0 amide bonds. The van der Waals surface area contributed by atoms with Crippen molar-refractivity contribution in [1.82, 2.24) is 10.6 Å². The second kappa shape index (κ2) is 12.7. The molecule has 0 aromatic heterocycles. The first-order valence-electron chi connectivity index (χ1n) is 10.4. The maximum Gasteiger partial charge on any atom is 0.191 e. The van der Waals surface area contributed by atoms with Crippen LogP contribution in [-0.2, 0) is 14.6 Å². The molecule has 0 atom stereocenters. The van der Waals surface area contributed by atoms with E-state index >= 15 is 0 Å². The van der Waals surface area contributed by atoms with E-state index in [1.807, 2.05) is 6.92 Å². The molecule has 30 heavy (non-hydrogen) atoms. The second-order valence-corrected chi connectivity index (χ2v) is 10.0. The first-order valence-corrected chi connectivity index (χ1v) is 12.3. The molecule has 0 bridgehead atoms. The van der Waals surface area contributed by atoms with E-state index < -0.39 is 14.6 Å². The van der Waals surface area contributed by atoms with Gasteiger partial charge in [-0.15, -0.1) is 24.0 Å². The molecule has 1 aliphatic rings. The number of nitrogens with zero attached hydrogens (tertiary/aromatic N) is 2. The predicted octanol–water partition coefficient (Wildman–Crippen LogP) is 2.59. The van der Waals surface area contributed by atoms with Crippen LogP contribution in [0.5, 0.6) is 0 Å². The van der Waals surface area contributed by atoms with Gasteiger partial charge in [-0.2, -0.15) is 0 Å². The number of sulfone groups is 1. The SMILES string of the molecule is CCNC(=NCC1(S(C)(=O)=O)CCOCC1)NCCN(CC)c1cccc(C)c1.I. The van der Waals surface area contributed by atoms with Crippen molar-refractivity contribution in [2.75, 3.05) is 57.1 Å². The minimum absolute atomic E-state index is 0. The number of halogens is 1. The van der Waals surface area contributed by atoms with E-state index in [1.165, 1.54) is 17.5 Å². The third-order valence-electron chi connectivity index (χ3n) is 5.48. The molecule has 172 valence electrons. The highest BCUT2D eigenvalue weighted by atomic mass is 127. The fraction of sp³-hybridized carbons (Fsp3) is 0.667. The van der Waals surface area contributed by atoms with E-state index in [9.17, 15) is 8.42 Å². The number of nitrogens with one attached hydrogen (secondary N) is 2. The summed E-state index contributed by atoms with van der Waals surface area (Å²) in [4.78, 5) is 6.93. The van der Waals surface area contributed by atoms with Crippen LogP contribution >= 0.6 is 24.0 Å². The molecule has 7 nitrogen and oxygen atoms in total. The zero-order valence-corrected chi connectivity index (χ0v) is 21.8. The first-order chi connectivity index (χ1) is 13.8. The normalized spacial score (nSPS) is 16.5. The van der Waals surface area contributed by atoms with Gasteiger partial charge in [0.15, 0.2) is 15.8 Å². The van der Waals surface area contributed by atoms with Crippen molar-refractivity contribution in [3.63, 3.8) is 0 Å². The Morgan fingerprint density at radius 3 is 2.50 bits per heavy atom. The van der Waals surface area contributed by atoms with E-state index in [0.29, 0.717) is 38.6 Å². The number of hydrogen-bond acceptors (Lipinski definition) is 5. The topological polar surface area (TPSA) is 83.0 Å². The zero-order chi connectivity index (χ0) is 21.3. The third kappa shape index (κ3) is 7.56. The highest BCUT2D eigenvalue weighted by Gasteiger charge is 2.42. The number of benzene rings is 1. The molecule has 2 rings (SSSR count). The molecule has 0 aliphatic carbocycles. The molecule has 9 heteroatoms. The molecule has 1 aromatic rings. The Labute approximate surface area is 199 Å². The average Bonchev–Trinajstić information content (AvgIpc) is 2.69. The van der Waals surface area contributed by atoms with Gasteiger partial charge in [0.1, 0.15) is 0 Å². The summed E-state index contributed by atoms with van der Waals surface area (Å²) in [5, 5.41) is 6.58. The van der Waals surface area contributed by atoms with E-state index in [0.717, 1.165) is 19.6 Å². The Balaban J connectivity index is 0.00000450. The van der Waals surface area contributed by atoms with E-state index in [-0.39, 0.29) is 30.5 Å². The average molecular weight is 553 g/mol. The third-order valence-corrected chi connectivity index (χ3v) is 7.59. The summed E-state index contributed by atoms with van der Waals surface area (Å²) in [6, 6.07) is 8.48. The summed E-state index contributed by atoms with van der Waals surface area (Å²) >= 11 is 0. The van der Waals surface area contributed by atoms with Crippen molar-refractivity contribution in [3.8, 4) is 0 Å². The van der Waals surface area contributed by atoms with E-state index in [4.69, 9.17) is 4.74 Å². The van der Waals surface area contributed by atoms with Crippen LogP contribution in [0.15, 0.2) is 29.3 Å². The number of anilines is 1. The lowest BCUT2D eigenvalue weighted by Gasteiger charge is -2.34.